The fourth-order valence-electron chi connectivity index (χ4n) is 2.82. The second-order valence-electron chi connectivity index (χ2n) is 6.11. The van der Waals surface area contributed by atoms with Crippen molar-refractivity contribution in [1.82, 2.24) is 0 Å². The first-order valence-corrected chi connectivity index (χ1v) is 8.58. The topological polar surface area (TPSA) is 58.6 Å². The molecular formula is C20H22N2O3. The van der Waals surface area contributed by atoms with Crippen molar-refractivity contribution in [2.24, 2.45) is 0 Å². The van der Waals surface area contributed by atoms with Crippen molar-refractivity contribution in [3.63, 3.8) is 0 Å². The number of nitrogens with zero attached hydrogens (tertiary/aromatic N) is 1. The summed E-state index contributed by atoms with van der Waals surface area (Å²) >= 11 is 0. The first-order valence-electron chi connectivity index (χ1n) is 8.58. The zero-order chi connectivity index (χ0) is 17.8. The van der Waals surface area contributed by atoms with Crippen LogP contribution >= 0.6 is 0 Å². The first kappa shape index (κ1) is 17.0. The average molecular weight is 338 g/mol. The summed E-state index contributed by atoms with van der Waals surface area (Å²) in [6.45, 7) is 4.49. The van der Waals surface area contributed by atoms with E-state index in [1.165, 1.54) is 0 Å². The number of benzene rings is 2. The van der Waals surface area contributed by atoms with Gasteiger partial charge in [-0.25, -0.2) is 0 Å². The molecule has 0 aliphatic carbocycles. The number of nitrogens with one attached hydrogen (secondary N) is 1. The Balaban J connectivity index is 1.86. The van der Waals surface area contributed by atoms with Crippen LogP contribution in [0.25, 0.3) is 0 Å². The molecule has 0 saturated heterocycles. The molecule has 1 heterocycles. The monoisotopic (exact) mass is 338 g/mol. The molecule has 0 fully saturated rings. The van der Waals surface area contributed by atoms with Crippen molar-refractivity contribution >= 4 is 23.2 Å². The molecule has 2 amide bonds. The van der Waals surface area contributed by atoms with Crippen LogP contribution < -0.4 is 15.0 Å². The van der Waals surface area contributed by atoms with Crippen LogP contribution in [-0.2, 0) is 4.79 Å². The van der Waals surface area contributed by atoms with Crippen LogP contribution in [0.2, 0.25) is 0 Å². The molecule has 5 nitrogen and oxygen atoms in total. The van der Waals surface area contributed by atoms with Gasteiger partial charge >= 0.3 is 0 Å². The molecule has 5 heteroatoms. The summed E-state index contributed by atoms with van der Waals surface area (Å²) in [5.74, 6) is 0.436. The Morgan fingerprint density at radius 3 is 2.68 bits per heavy atom. The molecule has 0 spiro atoms. The normalized spacial score (nSPS) is 16.2. The Kier molecular flexibility index (Phi) is 5.03. The Labute approximate surface area is 147 Å². The standard InChI is InChI=1S/C20H22N2O3/c1-3-4-12-22-17-13-16(10-11-18(17)25-14(2)20(22)24)21-19(23)15-8-6-5-7-9-15/h5-11,13-14H,3-4,12H2,1-2H3,(H,21,23). The Hall–Kier alpha value is -2.82. The van der Waals surface area contributed by atoms with Crippen LogP contribution in [0.5, 0.6) is 5.75 Å². The summed E-state index contributed by atoms with van der Waals surface area (Å²) in [4.78, 5) is 26.5. The van der Waals surface area contributed by atoms with Gasteiger partial charge in [-0.2, -0.15) is 0 Å². The van der Waals surface area contributed by atoms with Gasteiger partial charge in [0.25, 0.3) is 11.8 Å². The molecule has 0 aromatic heterocycles. The molecule has 25 heavy (non-hydrogen) atoms. The lowest BCUT2D eigenvalue weighted by atomic mass is 10.1. The van der Waals surface area contributed by atoms with E-state index >= 15 is 0 Å². The second-order valence-corrected chi connectivity index (χ2v) is 6.11. The number of rotatable bonds is 5. The number of ether oxygens (including phenoxy) is 1. The van der Waals surface area contributed by atoms with E-state index in [2.05, 4.69) is 12.2 Å². The zero-order valence-electron chi connectivity index (χ0n) is 14.5. The molecule has 1 atom stereocenters. The number of unbranched alkanes of at least 4 members (excludes halogenated alkanes) is 1. The highest BCUT2D eigenvalue weighted by molar-refractivity contribution is 6.05. The minimum atomic E-state index is -0.492. The van der Waals surface area contributed by atoms with E-state index in [1.54, 1.807) is 42.2 Å². The van der Waals surface area contributed by atoms with Crippen molar-refractivity contribution in [2.45, 2.75) is 32.8 Å². The smallest absolute Gasteiger partial charge is 0.267 e. The van der Waals surface area contributed by atoms with Crippen LogP contribution in [0.4, 0.5) is 11.4 Å². The third-order valence-electron chi connectivity index (χ3n) is 4.20. The summed E-state index contributed by atoms with van der Waals surface area (Å²) in [7, 11) is 0. The molecular weight excluding hydrogens is 316 g/mol. The summed E-state index contributed by atoms with van der Waals surface area (Å²) in [6.07, 6.45) is 1.42. The largest absolute Gasteiger partial charge is 0.479 e. The van der Waals surface area contributed by atoms with Gasteiger partial charge < -0.3 is 15.0 Å². The molecule has 0 radical (unpaired) electrons. The van der Waals surface area contributed by atoms with Crippen molar-refractivity contribution < 1.29 is 14.3 Å². The zero-order valence-corrected chi connectivity index (χ0v) is 14.5. The highest BCUT2D eigenvalue weighted by Gasteiger charge is 2.31. The summed E-state index contributed by atoms with van der Waals surface area (Å²) < 4.78 is 5.69. The second kappa shape index (κ2) is 7.38. The van der Waals surface area contributed by atoms with Gasteiger partial charge in [-0.1, -0.05) is 31.5 Å². The minimum Gasteiger partial charge on any atom is -0.479 e. The first-order chi connectivity index (χ1) is 12.1. The van der Waals surface area contributed by atoms with Crippen molar-refractivity contribution in [1.29, 1.82) is 0 Å². The van der Waals surface area contributed by atoms with Crippen LogP contribution in [0.3, 0.4) is 0 Å². The maximum absolute atomic E-state index is 12.5. The van der Waals surface area contributed by atoms with Crippen LogP contribution in [0.1, 0.15) is 37.0 Å². The van der Waals surface area contributed by atoms with E-state index in [4.69, 9.17) is 4.74 Å². The maximum Gasteiger partial charge on any atom is 0.267 e. The molecule has 2 aromatic carbocycles. The summed E-state index contributed by atoms with van der Waals surface area (Å²) in [6, 6.07) is 14.4. The predicted molar refractivity (Wildman–Crippen MR) is 98.2 cm³/mol. The lowest BCUT2D eigenvalue weighted by Crippen LogP contribution is -2.44. The number of hydrogen-bond acceptors (Lipinski definition) is 3. The fourth-order valence-corrected chi connectivity index (χ4v) is 2.82. The highest BCUT2D eigenvalue weighted by atomic mass is 16.5. The number of carbonyl (C=O) groups excluding carboxylic acids is 2. The molecule has 2 aromatic rings. The van der Waals surface area contributed by atoms with Gasteiger partial charge in [0, 0.05) is 17.8 Å². The van der Waals surface area contributed by atoms with Gasteiger partial charge in [0.05, 0.1) is 5.69 Å². The summed E-state index contributed by atoms with van der Waals surface area (Å²) in [5.41, 5.74) is 1.94. The van der Waals surface area contributed by atoms with Gasteiger partial charge in [-0.15, -0.1) is 0 Å². The van der Waals surface area contributed by atoms with Gasteiger partial charge in [-0.05, 0) is 43.7 Å². The number of fused-ring (bicyclic) bond motifs is 1. The lowest BCUT2D eigenvalue weighted by molar-refractivity contribution is -0.125. The molecule has 1 unspecified atom stereocenters. The molecule has 130 valence electrons. The van der Waals surface area contributed by atoms with E-state index in [0.29, 0.717) is 29.2 Å². The van der Waals surface area contributed by atoms with Crippen LogP contribution in [0.15, 0.2) is 48.5 Å². The number of carbonyl (C=O) groups is 2. The number of anilines is 2. The van der Waals surface area contributed by atoms with Crippen LogP contribution in [0, 0.1) is 0 Å². The maximum atomic E-state index is 12.5. The third kappa shape index (κ3) is 3.65. The molecule has 0 saturated carbocycles. The quantitative estimate of drug-likeness (QED) is 0.901. The Morgan fingerprint density at radius 1 is 1.20 bits per heavy atom. The van der Waals surface area contributed by atoms with Crippen molar-refractivity contribution in [2.75, 3.05) is 16.8 Å². The fraction of sp³-hybridized carbons (Fsp3) is 0.300. The van der Waals surface area contributed by atoms with Crippen molar-refractivity contribution in [3.8, 4) is 5.75 Å². The van der Waals surface area contributed by atoms with Gasteiger partial charge in [0.15, 0.2) is 6.10 Å². The molecule has 0 bridgehead atoms. The molecule has 1 aliphatic heterocycles. The van der Waals surface area contributed by atoms with E-state index in [0.717, 1.165) is 12.8 Å². The minimum absolute atomic E-state index is 0.0486. The molecule has 3 rings (SSSR count). The Bertz CT molecular complexity index is 774. The molecule has 1 N–H and O–H groups in total. The van der Waals surface area contributed by atoms with Gasteiger partial charge in [0.1, 0.15) is 5.75 Å². The van der Waals surface area contributed by atoms with E-state index in [-0.39, 0.29) is 11.8 Å². The van der Waals surface area contributed by atoms with Gasteiger partial charge in [0.2, 0.25) is 0 Å². The van der Waals surface area contributed by atoms with E-state index < -0.39 is 6.10 Å². The van der Waals surface area contributed by atoms with Gasteiger partial charge in [-0.3, -0.25) is 9.59 Å². The Morgan fingerprint density at radius 2 is 1.96 bits per heavy atom. The highest BCUT2D eigenvalue weighted by Crippen LogP contribution is 2.36. The van der Waals surface area contributed by atoms with E-state index in [1.807, 2.05) is 18.2 Å². The number of amides is 2. The summed E-state index contributed by atoms with van der Waals surface area (Å²) in [5, 5.41) is 2.88. The average Bonchev–Trinajstić information content (AvgIpc) is 2.63. The van der Waals surface area contributed by atoms with Crippen molar-refractivity contribution in [3.05, 3.63) is 54.1 Å². The lowest BCUT2D eigenvalue weighted by Gasteiger charge is -2.33. The molecule has 1 aliphatic rings. The number of hydrogen-bond donors (Lipinski definition) is 1. The third-order valence-corrected chi connectivity index (χ3v) is 4.20. The SMILES string of the molecule is CCCCN1C(=O)C(C)Oc2ccc(NC(=O)c3ccccc3)cc21. The predicted octanol–water partition coefficient (Wildman–Crippen LogP) is 3.85. The van der Waals surface area contributed by atoms with Crippen LogP contribution in [-0.4, -0.2) is 24.5 Å². The van der Waals surface area contributed by atoms with E-state index in [9.17, 15) is 9.59 Å².